The van der Waals surface area contributed by atoms with E-state index in [9.17, 15) is 4.79 Å². The lowest BCUT2D eigenvalue weighted by Gasteiger charge is -2.07. The lowest BCUT2D eigenvalue weighted by atomic mass is 10.0. The van der Waals surface area contributed by atoms with Gasteiger partial charge in [-0.15, -0.1) is 0 Å². The van der Waals surface area contributed by atoms with Gasteiger partial charge in [0.15, 0.2) is 0 Å². The van der Waals surface area contributed by atoms with E-state index < -0.39 is 0 Å². The third-order valence-electron chi connectivity index (χ3n) is 3.23. The van der Waals surface area contributed by atoms with E-state index in [1.54, 1.807) is 6.07 Å². The predicted molar refractivity (Wildman–Crippen MR) is 79.8 cm³/mol. The van der Waals surface area contributed by atoms with Crippen LogP contribution in [0.2, 0.25) is 5.02 Å². The van der Waals surface area contributed by atoms with E-state index in [2.05, 4.69) is 4.98 Å². The van der Waals surface area contributed by atoms with Gasteiger partial charge in [0.05, 0.1) is 0 Å². The zero-order valence-corrected chi connectivity index (χ0v) is 11.2. The fourth-order valence-electron chi connectivity index (χ4n) is 2.30. The van der Waals surface area contributed by atoms with Crippen LogP contribution < -0.4 is 5.56 Å². The number of nitrogens with one attached hydrogen (secondary N) is 1. The Bertz CT molecular complexity index is 820. The number of hydrogen-bond donors (Lipinski definition) is 1. The number of aromatic nitrogens is 1. The largest absolute Gasteiger partial charge is 0.322 e. The molecule has 1 aromatic heterocycles. The fourth-order valence-corrected chi connectivity index (χ4v) is 2.54. The molecule has 0 aliphatic carbocycles. The van der Waals surface area contributed by atoms with Crippen molar-refractivity contribution in [3.05, 3.63) is 69.5 Å². The van der Waals surface area contributed by atoms with Crippen molar-refractivity contribution < 1.29 is 0 Å². The van der Waals surface area contributed by atoms with Crippen molar-refractivity contribution in [1.82, 2.24) is 4.98 Å². The molecule has 0 bridgehead atoms. The molecule has 3 heteroatoms. The molecular weight excluding hydrogens is 258 g/mol. The molecule has 3 rings (SSSR count). The van der Waals surface area contributed by atoms with Gasteiger partial charge >= 0.3 is 0 Å². The Morgan fingerprint density at radius 1 is 1.05 bits per heavy atom. The molecule has 1 N–H and O–H groups in total. The molecule has 0 radical (unpaired) electrons. The summed E-state index contributed by atoms with van der Waals surface area (Å²) in [6.45, 7) is 1.94. The van der Waals surface area contributed by atoms with Gasteiger partial charge in [-0.3, -0.25) is 4.79 Å². The molecule has 0 fully saturated rings. The summed E-state index contributed by atoms with van der Waals surface area (Å²) in [6, 6.07) is 15.3. The molecule has 0 saturated heterocycles. The van der Waals surface area contributed by atoms with E-state index in [-0.39, 0.29) is 5.56 Å². The average molecular weight is 270 g/mol. The quantitative estimate of drug-likeness (QED) is 0.707. The molecule has 0 unspecified atom stereocenters. The van der Waals surface area contributed by atoms with E-state index >= 15 is 0 Å². The summed E-state index contributed by atoms with van der Waals surface area (Å²) in [4.78, 5) is 14.4. The first kappa shape index (κ1) is 12.0. The maximum absolute atomic E-state index is 11.5. The number of hydrogen-bond acceptors (Lipinski definition) is 1. The first-order valence-corrected chi connectivity index (χ1v) is 6.41. The van der Waals surface area contributed by atoms with Crippen LogP contribution in [0.1, 0.15) is 5.56 Å². The monoisotopic (exact) mass is 269 g/mol. The second kappa shape index (κ2) is 4.56. The maximum Gasteiger partial charge on any atom is 0.248 e. The first-order valence-electron chi connectivity index (χ1n) is 6.04. The molecule has 2 aromatic carbocycles. The van der Waals surface area contributed by atoms with E-state index in [0.717, 1.165) is 27.6 Å². The lowest BCUT2D eigenvalue weighted by Crippen LogP contribution is -2.04. The molecule has 2 nitrogen and oxygen atoms in total. The number of pyridine rings is 1. The molecule has 0 aliphatic heterocycles. The standard InChI is InChI=1S/C16H12ClNO/c1-10-8-16(19)18-15-9-11(6-7-12(10)15)13-4-2-3-5-14(13)17/h2-9H,1H3,(H,18,19). The molecule has 0 saturated carbocycles. The molecule has 0 aliphatic rings. The Hall–Kier alpha value is -2.06. The van der Waals surface area contributed by atoms with Crippen LogP contribution in [0.3, 0.4) is 0 Å². The average Bonchev–Trinajstić information content (AvgIpc) is 2.38. The summed E-state index contributed by atoms with van der Waals surface area (Å²) in [5.74, 6) is 0. The minimum Gasteiger partial charge on any atom is -0.322 e. The van der Waals surface area contributed by atoms with Crippen LogP contribution in [0.5, 0.6) is 0 Å². The zero-order chi connectivity index (χ0) is 13.4. The molecule has 0 atom stereocenters. The Kier molecular flexibility index (Phi) is 2.88. The van der Waals surface area contributed by atoms with Crippen LogP contribution >= 0.6 is 11.6 Å². The van der Waals surface area contributed by atoms with Gasteiger partial charge in [-0.1, -0.05) is 41.9 Å². The van der Waals surface area contributed by atoms with E-state index in [1.165, 1.54) is 0 Å². The summed E-state index contributed by atoms with van der Waals surface area (Å²) in [5.41, 5.74) is 3.70. The van der Waals surface area contributed by atoms with Crippen molar-refractivity contribution in [2.24, 2.45) is 0 Å². The second-order valence-corrected chi connectivity index (χ2v) is 4.96. The number of fused-ring (bicyclic) bond motifs is 1. The van der Waals surface area contributed by atoms with E-state index in [0.29, 0.717) is 5.02 Å². The minimum absolute atomic E-state index is 0.0821. The highest BCUT2D eigenvalue weighted by Crippen LogP contribution is 2.29. The molecular formula is C16H12ClNO. The topological polar surface area (TPSA) is 32.9 Å². The third-order valence-corrected chi connectivity index (χ3v) is 3.56. The molecule has 0 amide bonds. The summed E-state index contributed by atoms with van der Waals surface area (Å²) >= 11 is 6.20. The first-order chi connectivity index (χ1) is 9.15. The zero-order valence-electron chi connectivity index (χ0n) is 10.4. The van der Waals surface area contributed by atoms with Crippen LogP contribution in [-0.2, 0) is 0 Å². The van der Waals surface area contributed by atoms with Crippen molar-refractivity contribution in [1.29, 1.82) is 0 Å². The highest BCUT2D eigenvalue weighted by atomic mass is 35.5. The maximum atomic E-state index is 11.5. The van der Waals surface area contributed by atoms with Gasteiger partial charge in [0, 0.05) is 27.6 Å². The molecule has 0 spiro atoms. The van der Waals surface area contributed by atoms with Gasteiger partial charge in [0.2, 0.25) is 5.56 Å². The van der Waals surface area contributed by atoms with Crippen LogP contribution in [0, 0.1) is 6.92 Å². The second-order valence-electron chi connectivity index (χ2n) is 4.56. The summed E-state index contributed by atoms with van der Waals surface area (Å²) in [7, 11) is 0. The molecule has 19 heavy (non-hydrogen) atoms. The van der Waals surface area contributed by atoms with Crippen LogP contribution in [0.15, 0.2) is 53.3 Å². The Labute approximate surface area is 115 Å². The van der Waals surface area contributed by atoms with Crippen molar-refractivity contribution in [3.8, 4) is 11.1 Å². The van der Waals surface area contributed by atoms with Gasteiger partial charge in [-0.05, 0) is 30.2 Å². The van der Waals surface area contributed by atoms with Crippen LogP contribution in [0.4, 0.5) is 0 Å². The van der Waals surface area contributed by atoms with E-state index in [1.807, 2.05) is 49.4 Å². The number of benzene rings is 2. The molecule has 3 aromatic rings. The summed E-state index contributed by atoms with van der Waals surface area (Å²) in [6.07, 6.45) is 0. The summed E-state index contributed by atoms with van der Waals surface area (Å²) in [5, 5.41) is 1.76. The van der Waals surface area contributed by atoms with Crippen molar-refractivity contribution in [3.63, 3.8) is 0 Å². The van der Waals surface area contributed by atoms with Crippen molar-refractivity contribution in [2.75, 3.05) is 0 Å². The Morgan fingerprint density at radius 3 is 2.63 bits per heavy atom. The smallest absolute Gasteiger partial charge is 0.248 e. The van der Waals surface area contributed by atoms with Gasteiger partial charge in [0.1, 0.15) is 0 Å². The Balaban J connectivity index is 2.28. The van der Waals surface area contributed by atoms with Crippen LogP contribution in [-0.4, -0.2) is 4.98 Å². The number of aromatic amines is 1. The van der Waals surface area contributed by atoms with E-state index in [4.69, 9.17) is 11.6 Å². The Morgan fingerprint density at radius 2 is 1.84 bits per heavy atom. The fraction of sp³-hybridized carbons (Fsp3) is 0.0625. The molecule has 1 heterocycles. The van der Waals surface area contributed by atoms with Gasteiger partial charge in [-0.2, -0.15) is 0 Å². The predicted octanol–water partition coefficient (Wildman–Crippen LogP) is 4.16. The minimum atomic E-state index is -0.0821. The number of H-pyrrole nitrogens is 1. The normalized spacial score (nSPS) is 10.8. The third kappa shape index (κ3) is 2.15. The lowest BCUT2D eigenvalue weighted by molar-refractivity contribution is 1.28. The van der Waals surface area contributed by atoms with Crippen molar-refractivity contribution in [2.45, 2.75) is 6.92 Å². The van der Waals surface area contributed by atoms with Crippen LogP contribution in [0.25, 0.3) is 22.0 Å². The van der Waals surface area contributed by atoms with Gasteiger partial charge < -0.3 is 4.98 Å². The van der Waals surface area contributed by atoms with Crippen molar-refractivity contribution >= 4 is 22.5 Å². The number of rotatable bonds is 1. The molecule has 94 valence electrons. The van der Waals surface area contributed by atoms with Gasteiger partial charge in [0.25, 0.3) is 0 Å². The summed E-state index contributed by atoms with van der Waals surface area (Å²) < 4.78 is 0. The number of aryl methyl sites for hydroxylation is 1. The van der Waals surface area contributed by atoms with Gasteiger partial charge in [-0.25, -0.2) is 0 Å². The number of halogens is 1. The SMILES string of the molecule is Cc1cc(=O)[nH]c2cc(-c3ccccc3Cl)ccc12. The highest BCUT2D eigenvalue weighted by molar-refractivity contribution is 6.33. The highest BCUT2D eigenvalue weighted by Gasteiger charge is 2.05.